The second-order valence-electron chi connectivity index (χ2n) is 5.64. The standard InChI is InChI=1S/C15H20N2O3S/c18-14-7-11(8-16-14)15(19)17(9-12-3-1-5-20-12)10-13-4-2-6-21-13/h2,4,6,11-12H,1,3,5,7-10H2,(H,16,18). The van der Waals surface area contributed by atoms with E-state index in [1.807, 2.05) is 22.4 Å². The number of carbonyl (C=O) groups is 2. The fourth-order valence-electron chi connectivity index (χ4n) is 2.90. The molecule has 2 aliphatic rings. The van der Waals surface area contributed by atoms with E-state index in [1.54, 1.807) is 11.3 Å². The third-order valence-electron chi connectivity index (χ3n) is 4.01. The lowest BCUT2D eigenvalue weighted by Gasteiger charge is -2.27. The number of thiophene rings is 1. The Bertz CT molecular complexity index is 497. The van der Waals surface area contributed by atoms with Gasteiger partial charge in [-0.2, -0.15) is 0 Å². The number of amides is 2. The third kappa shape index (κ3) is 3.63. The number of carbonyl (C=O) groups excluding carboxylic acids is 2. The van der Waals surface area contributed by atoms with Crippen LogP contribution in [0.4, 0.5) is 0 Å². The average Bonchev–Trinajstić information content (AvgIpc) is 3.19. The smallest absolute Gasteiger partial charge is 0.228 e. The van der Waals surface area contributed by atoms with Crippen LogP contribution < -0.4 is 5.32 Å². The van der Waals surface area contributed by atoms with Gasteiger partial charge in [-0.05, 0) is 24.3 Å². The van der Waals surface area contributed by atoms with Crippen molar-refractivity contribution in [3.63, 3.8) is 0 Å². The maximum Gasteiger partial charge on any atom is 0.228 e. The van der Waals surface area contributed by atoms with Crippen molar-refractivity contribution in [2.75, 3.05) is 19.7 Å². The van der Waals surface area contributed by atoms with Crippen LogP contribution in [0.2, 0.25) is 0 Å². The molecule has 114 valence electrons. The van der Waals surface area contributed by atoms with Crippen LogP contribution in [-0.2, 0) is 20.9 Å². The molecule has 1 aromatic heterocycles. The molecule has 2 atom stereocenters. The quantitative estimate of drug-likeness (QED) is 0.894. The number of nitrogens with zero attached hydrogens (tertiary/aromatic N) is 1. The third-order valence-corrected chi connectivity index (χ3v) is 4.87. The van der Waals surface area contributed by atoms with Crippen LogP contribution in [0.3, 0.4) is 0 Å². The van der Waals surface area contributed by atoms with Gasteiger partial charge in [0.25, 0.3) is 0 Å². The van der Waals surface area contributed by atoms with Gasteiger partial charge in [-0.1, -0.05) is 6.07 Å². The van der Waals surface area contributed by atoms with E-state index in [0.717, 1.165) is 19.4 Å². The Kier molecular flexibility index (Phi) is 4.55. The first-order valence-corrected chi connectivity index (χ1v) is 8.30. The summed E-state index contributed by atoms with van der Waals surface area (Å²) in [4.78, 5) is 27.1. The van der Waals surface area contributed by atoms with Gasteiger partial charge >= 0.3 is 0 Å². The molecule has 21 heavy (non-hydrogen) atoms. The van der Waals surface area contributed by atoms with E-state index in [-0.39, 0.29) is 23.8 Å². The van der Waals surface area contributed by atoms with Gasteiger partial charge in [0, 0.05) is 31.0 Å². The Balaban J connectivity index is 1.67. The summed E-state index contributed by atoms with van der Waals surface area (Å²) in [6.07, 6.45) is 2.52. The van der Waals surface area contributed by atoms with Crippen molar-refractivity contribution in [3.05, 3.63) is 22.4 Å². The zero-order valence-electron chi connectivity index (χ0n) is 11.9. The average molecular weight is 308 g/mol. The van der Waals surface area contributed by atoms with Crippen molar-refractivity contribution in [1.29, 1.82) is 0 Å². The van der Waals surface area contributed by atoms with Gasteiger partial charge in [0.15, 0.2) is 0 Å². The van der Waals surface area contributed by atoms with Gasteiger partial charge < -0.3 is 15.0 Å². The highest BCUT2D eigenvalue weighted by molar-refractivity contribution is 7.09. The summed E-state index contributed by atoms with van der Waals surface area (Å²) in [6.45, 7) is 2.49. The summed E-state index contributed by atoms with van der Waals surface area (Å²) in [7, 11) is 0. The summed E-state index contributed by atoms with van der Waals surface area (Å²) in [5, 5.41) is 4.76. The van der Waals surface area contributed by atoms with Crippen LogP contribution in [0.5, 0.6) is 0 Å². The highest BCUT2D eigenvalue weighted by atomic mass is 32.1. The first-order valence-electron chi connectivity index (χ1n) is 7.42. The van der Waals surface area contributed by atoms with Crippen molar-refractivity contribution in [3.8, 4) is 0 Å². The monoisotopic (exact) mass is 308 g/mol. The van der Waals surface area contributed by atoms with E-state index < -0.39 is 0 Å². The minimum absolute atomic E-state index is 0.0264. The Labute approximate surface area is 128 Å². The van der Waals surface area contributed by atoms with Crippen molar-refractivity contribution < 1.29 is 14.3 Å². The Morgan fingerprint density at radius 1 is 1.52 bits per heavy atom. The van der Waals surface area contributed by atoms with Gasteiger partial charge in [-0.3, -0.25) is 9.59 Å². The van der Waals surface area contributed by atoms with E-state index >= 15 is 0 Å². The molecule has 3 heterocycles. The molecule has 0 spiro atoms. The number of rotatable bonds is 5. The van der Waals surface area contributed by atoms with Crippen LogP contribution in [-0.4, -0.2) is 42.5 Å². The summed E-state index contributed by atoms with van der Waals surface area (Å²) in [5.74, 6) is -0.183. The molecule has 3 rings (SSSR count). The Hall–Kier alpha value is -1.40. The van der Waals surface area contributed by atoms with Gasteiger partial charge in [0.05, 0.1) is 18.6 Å². The second-order valence-corrected chi connectivity index (χ2v) is 6.67. The van der Waals surface area contributed by atoms with Gasteiger partial charge in [0.1, 0.15) is 0 Å². The molecule has 2 aliphatic heterocycles. The highest BCUT2D eigenvalue weighted by Crippen LogP contribution is 2.21. The zero-order chi connectivity index (χ0) is 14.7. The lowest BCUT2D eigenvalue weighted by molar-refractivity contribution is -0.138. The fraction of sp³-hybridized carbons (Fsp3) is 0.600. The number of ether oxygens (including phenoxy) is 1. The van der Waals surface area contributed by atoms with Crippen LogP contribution >= 0.6 is 11.3 Å². The normalized spacial score (nSPS) is 25.0. The number of hydrogen-bond donors (Lipinski definition) is 1. The minimum atomic E-state index is -0.223. The van der Waals surface area contributed by atoms with E-state index in [2.05, 4.69) is 5.32 Å². The van der Waals surface area contributed by atoms with Crippen molar-refractivity contribution in [1.82, 2.24) is 10.2 Å². The predicted octanol–water partition coefficient (Wildman–Crippen LogP) is 1.39. The molecular formula is C15H20N2O3S. The summed E-state index contributed by atoms with van der Waals surface area (Å²) >= 11 is 1.65. The molecule has 6 heteroatoms. The molecule has 0 aromatic carbocycles. The van der Waals surface area contributed by atoms with Gasteiger partial charge in [-0.25, -0.2) is 0 Å². The number of hydrogen-bond acceptors (Lipinski definition) is 4. The van der Waals surface area contributed by atoms with Crippen molar-refractivity contribution in [2.45, 2.75) is 31.9 Å². The molecule has 0 saturated carbocycles. The van der Waals surface area contributed by atoms with Gasteiger partial charge in [0.2, 0.25) is 11.8 Å². The van der Waals surface area contributed by atoms with Crippen LogP contribution in [0.1, 0.15) is 24.1 Å². The molecule has 2 fully saturated rings. The molecular weight excluding hydrogens is 288 g/mol. The summed E-state index contributed by atoms with van der Waals surface area (Å²) in [6, 6.07) is 4.04. The Morgan fingerprint density at radius 2 is 2.43 bits per heavy atom. The molecule has 5 nitrogen and oxygen atoms in total. The van der Waals surface area contributed by atoms with Crippen LogP contribution in [0.15, 0.2) is 17.5 Å². The minimum Gasteiger partial charge on any atom is -0.376 e. The SMILES string of the molecule is O=C1CC(C(=O)N(Cc2cccs2)CC2CCCO2)CN1. The lowest BCUT2D eigenvalue weighted by atomic mass is 10.1. The first kappa shape index (κ1) is 14.5. The Morgan fingerprint density at radius 3 is 3.05 bits per heavy atom. The molecule has 1 aromatic rings. The molecule has 1 N–H and O–H groups in total. The zero-order valence-corrected chi connectivity index (χ0v) is 12.7. The topological polar surface area (TPSA) is 58.6 Å². The predicted molar refractivity (Wildman–Crippen MR) is 79.8 cm³/mol. The van der Waals surface area contributed by atoms with Gasteiger partial charge in [-0.15, -0.1) is 11.3 Å². The molecule has 2 unspecified atom stereocenters. The summed E-state index contributed by atoms with van der Waals surface area (Å²) in [5.41, 5.74) is 0. The summed E-state index contributed by atoms with van der Waals surface area (Å²) < 4.78 is 5.66. The van der Waals surface area contributed by atoms with E-state index in [0.29, 0.717) is 26.1 Å². The van der Waals surface area contributed by atoms with Crippen LogP contribution in [0.25, 0.3) is 0 Å². The molecule has 0 bridgehead atoms. The number of nitrogens with one attached hydrogen (secondary N) is 1. The van der Waals surface area contributed by atoms with E-state index in [9.17, 15) is 9.59 Å². The largest absolute Gasteiger partial charge is 0.376 e. The van der Waals surface area contributed by atoms with E-state index in [4.69, 9.17) is 4.74 Å². The lowest BCUT2D eigenvalue weighted by Crippen LogP contribution is -2.40. The van der Waals surface area contributed by atoms with E-state index in [1.165, 1.54) is 4.88 Å². The fourth-order valence-corrected chi connectivity index (χ4v) is 3.61. The maximum atomic E-state index is 12.7. The molecule has 2 amide bonds. The molecule has 0 radical (unpaired) electrons. The van der Waals surface area contributed by atoms with Crippen molar-refractivity contribution in [2.24, 2.45) is 5.92 Å². The first-order chi connectivity index (χ1) is 10.2. The maximum absolute atomic E-state index is 12.7. The molecule has 0 aliphatic carbocycles. The molecule has 2 saturated heterocycles. The highest BCUT2D eigenvalue weighted by Gasteiger charge is 2.33. The van der Waals surface area contributed by atoms with Crippen molar-refractivity contribution >= 4 is 23.2 Å². The second kappa shape index (κ2) is 6.58. The van der Waals surface area contributed by atoms with Crippen LogP contribution in [0, 0.1) is 5.92 Å².